The predicted octanol–water partition coefficient (Wildman–Crippen LogP) is 0.485. The number of piperidine rings is 1. The predicted molar refractivity (Wildman–Crippen MR) is 33.9 cm³/mol. The van der Waals surface area contributed by atoms with Gasteiger partial charge in [0.25, 0.3) is 0 Å². The van der Waals surface area contributed by atoms with Gasteiger partial charge in [0.1, 0.15) is 0 Å². The van der Waals surface area contributed by atoms with E-state index >= 15 is 0 Å². The number of rotatable bonds is 0. The molecule has 2 rings (SSSR count). The number of likely N-dealkylation sites (tertiary alicyclic amines) is 1. The zero-order chi connectivity index (χ0) is 6.43. The van der Waals surface area contributed by atoms with Gasteiger partial charge in [0, 0.05) is 20.0 Å². The molecule has 0 aromatic carbocycles. The van der Waals surface area contributed by atoms with Gasteiger partial charge in [0.05, 0.1) is 0 Å². The van der Waals surface area contributed by atoms with Gasteiger partial charge in [0.15, 0.2) is 0 Å². The molecule has 0 aromatic heterocycles. The van der Waals surface area contributed by atoms with Crippen LogP contribution in [-0.4, -0.2) is 23.9 Å². The van der Waals surface area contributed by atoms with Gasteiger partial charge in [0.2, 0.25) is 5.91 Å². The summed E-state index contributed by atoms with van der Waals surface area (Å²) in [5, 5.41) is 0. The average molecular weight is 125 g/mol. The van der Waals surface area contributed by atoms with E-state index in [1.807, 2.05) is 4.90 Å². The van der Waals surface area contributed by atoms with Crippen LogP contribution in [0.15, 0.2) is 0 Å². The Morgan fingerprint density at radius 3 is 2.33 bits per heavy atom. The average Bonchev–Trinajstić information content (AvgIpc) is 2.40. The van der Waals surface area contributed by atoms with Crippen LogP contribution in [-0.2, 0) is 4.79 Å². The highest BCUT2D eigenvalue weighted by atomic mass is 16.2. The topological polar surface area (TPSA) is 20.3 Å². The largest absolute Gasteiger partial charge is 0.342 e. The third-order valence-corrected chi connectivity index (χ3v) is 2.42. The summed E-state index contributed by atoms with van der Waals surface area (Å²) >= 11 is 0. The maximum absolute atomic E-state index is 10.7. The number of fused-ring (bicyclic) bond motifs is 1. The molecular weight excluding hydrogens is 114 g/mol. The second-order valence-electron chi connectivity index (χ2n) is 3.18. The van der Waals surface area contributed by atoms with Crippen LogP contribution in [0.2, 0.25) is 0 Å². The number of nitrogens with zero attached hydrogens (tertiary/aromatic N) is 1. The molecular formula is C7H11NO. The summed E-state index contributed by atoms with van der Waals surface area (Å²) in [6, 6.07) is 0. The third kappa shape index (κ3) is 0.732. The maximum atomic E-state index is 10.7. The van der Waals surface area contributed by atoms with E-state index in [1.54, 1.807) is 6.92 Å². The van der Waals surface area contributed by atoms with E-state index in [0.717, 1.165) is 24.9 Å². The molecule has 1 amide bonds. The number of hydrogen-bond donors (Lipinski definition) is 0. The van der Waals surface area contributed by atoms with E-state index in [0.29, 0.717) is 0 Å². The van der Waals surface area contributed by atoms with Crippen LogP contribution in [0.3, 0.4) is 0 Å². The molecule has 2 fully saturated rings. The van der Waals surface area contributed by atoms with Crippen LogP contribution in [0.5, 0.6) is 0 Å². The van der Waals surface area contributed by atoms with Gasteiger partial charge in [-0.25, -0.2) is 0 Å². The van der Waals surface area contributed by atoms with E-state index < -0.39 is 0 Å². The highest BCUT2D eigenvalue weighted by Crippen LogP contribution is 2.44. The minimum atomic E-state index is 0.252. The summed E-state index contributed by atoms with van der Waals surface area (Å²) in [7, 11) is 0. The molecule has 0 N–H and O–H groups in total. The highest BCUT2D eigenvalue weighted by Gasteiger charge is 2.45. The van der Waals surface area contributed by atoms with Gasteiger partial charge in [-0.2, -0.15) is 0 Å². The molecule has 0 radical (unpaired) electrons. The van der Waals surface area contributed by atoms with Crippen molar-refractivity contribution in [3.05, 3.63) is 0 Å². The first-order valence-electron chi connectivity index (χ1n) is 3.53. The summed E-state index contributed by atoms with van der Waals surface area (Å²) in [5.74, 6) is 2.02. The van der Waals surface area contributed by atoms with Crippen LogP contribution in [0.1, 0.15) is 13.3 Å². The van der Waals surface area contributed by atoms with Gasteiger partial charge < -0.3 is 4.90 Å². The number of carbonyl (C=O) groups excluding carboxylic acids is 1. The summed E-state index contributed by atoms with van der Waals surface area (Å²) in [6.45, 7) is 3.74. The lowest BCUT2D eigenvalue weighted by molar-refractivity contribution is -0.128. The molecule has 2 heteroatoms. The Balaban J connectivity index is 1.97. The van der Waals surface area contributed by atoms with E-state index in [1.165, 1.54) is 6.42 Å². The fourth-order valence-corrected chi connectivity index (χ4v) is 1.66. The number of carbonyl (C=O) groups is 1. The molecule has 0 aromatic rings. The Bertz CT molecular complexity index is 145. The van der Waals surface area contributed by atoms with Crippen LogP contribution in [0.25, 0.3) is 0 Å². The lowest BCUT2D eigenvalue weighted by Gasteiger charge is -2.14. The molecule has 1 unspecified atom stereocenters. The van der Waals surface area contributed by atoms with E-state index in [9.17, 15) is 4.79 Å². The quantitative estimate of drug-likeness (QED) is 0.461. The molecule has 2 nitrogen and oxygen atoms in total. The van der Waals surface area contributed by atoms with Crippen LogP contribution >= 0.6 is 0 Å². The first-order chi connectivity index (χ1) is 4.27. The molecule has 1 saturated heterocycles. The van der Waals surface area contributed by atoms with E-state index in [2.05, 4.69) is 0 Å². The van der Waals surface area contributed by atoms with Crippen molar-refractivity contribution in [3.63, 3.8) is 0 Å². The number of amides is 1. The Hall–Kier alpha value is -0.530. The molecule has 2 atom stereocenters. The molecule has 9 heavy (non-hydrogen) atoms. The molecule has 1 saturated carbocycles. The molecule has 0 bridgehead atoms. The zero-order valence-corrected chi connectivity index (χ0v) is 5.63. The van der Waals surface area contributed by atoms with Crippen molar-refractivity contribution in [1.82, 2.24) is 4.90 Å². The first-order valence-corrected chi connectivity index (χ1v) is 3.53. The zero-order valence-electron chi connectivity index (χ0n) is 5.63. The lowest BCUT2D eigenvalue weighted by atomic mass is 10.4. The van der Waals surface area contributed by atoms with E-state index in [-0.39, 0.29) is 5.91 Å². The second kappa shape index (κ2) is 1.49. The monoisotopic (exact) mass is 125 g/mol. The van der Waals surface area contributed by atoms with Crippen molar-refractivity contribution in [2.45, 2.75) is 13.3 Å². The fourth-order valence-electron chi connectivity index (χ4n) is 1.66. The minimum Gasteiger partial charge on any atom is -0.342 e. The number of hydrogen-bond acceptors (Lipinski definition) is 1. The van der Waals surface area contributed by atoms with Gasteiger partial charge >= 0.3 is 0 Å². The van der Waals surface area contributed by atoms with Gasteiger partial charge in [-0.1, -0.05) is 0 Å². The van der Waals surface area contributed by atoms with Crippen LogP contribution < -0.4 is 0 Å². The third-order valence-electron chi connectivity index (χ3n) is 2.42. The van der Waals surface area contributed by atoms with Gasteiger partial charge in [-0.05, 0) is 18.3 Å². The Kier molecular flexibility index (Phi) is 0.875. The Morgan fingerprint density at radius 1 is 1.44 bits per heavy atom. The van der Waals surface area contributed by atoms with Crippen LogP contribution in [0.4, 0.5) is 0 Å². The SMILES string of the molecule is CC(=O)N1CC2C[C@H]2C1. The molecule has 50 valence electrons. The van der Waals surface area contributed by atoms with Gasteiger partial charge in [-0.3, -0.25) is 4.79 Å². The highest BCUT2D eigenvalue weighted by molar-refractivity contribution is 5.73. The van der Waals surface area contributed by atoms with Crippen molar-refractivity contribution < 1.29 is 4.79 Å². The molecule has 1 aliphatic carbocycles. The first kappa shape index (κ1) is 5.27. The Labute approximate surface area is 54.8 Å². The van der Waals surface area contributed by atoms with Gasteiger partial charge in [-0.15, -0.1) is 0 Å². The molecule has 1 aliphatic heterocycles. The van der Waals surface area contributed by atoms with Crippen molar-refractivity contribution in [1.29, 1.82) is 0 Å². The summed E-state index contributed by atoms with van der Waals surface area (Å²) < 4.78 is 0. The lowest BCUT2D eigenvalue weighted by Crippen LogP contribution is -2.27. The van der Waals surface area contributed by atoms with Crippen LogP contribution in [0, 0.1) is 11.8 Å². The van der Waals surface area contributed by atoms with Crippen molar-refractivity contribution >= 4 is 5.91 Å². The Morgan fingerprint density at radius 2 is 2.00 bits per heavy atom. The molecule has 2 aliphatic rings. The summed E-state index contributed by atoms with van der Waals surface area (Å²) in [6.07, 6.45) is 1.38. The maximum Gasteiger partial charge on any atom is 0.219 e. The standard InChI is InChI=1S/C7H11NO/c1-5(9)8-3-6-2-7(6)4-8/h6-7H,2-4H2,1H3/t6-,7?/m0/s1. The van der Waals surface area contributed by atoms with E-state index in [4.69, 9.17) is 0 Å². The normalized spacial score (nSPS) is 38.6. The van der Waals surface area contributed by atoms with Crippen molar-refractivity contribution in [2.75, 3.05) is 13.1 Å². The summed E-state index contributed by atoms with van der Waals surface area (Å²) in [5.41, 5.74) is 0. The fraction of sp³-hybridized carbons (Fsp3) is 0.857. The summed E-state index contributed by atoms with van der Waals surface area (Å²) in [4.78, 5) is 12.7. The van der Waals surface area contributed by atoms with Crippen molar-refractivity contribution in [2.24, 2.45) is 11.8 Å². The van der Waals surface area contributed by atoms with Crippen molar-refractivity contribution in [3.8, 4) is 0 Å². The molecule has 1 heterocycles. The second-order valence-corrected chi connectivity index (χ2v) is 3.18. The smallest absolute Gasteiger partial charge is 0.219 e. The molecule has 0 spiro atoms. The minimum absolute atomic E-state index is 0.252.